The van der Waals surface area contributed by atoms with Crippen LogP contribution in [-0.4, -0.2) is 52.1 Å². The van der Waals surface area contributed by atoms with Gasteiger partial charge in [-0.1, -0.05) is 42.1 Å². The third-order valence-corrected chi connectivity index (χ3v) is 4.44. The quantitative estimate of drug-likeness (QED) is 0.445. The summed E-state index contributed by atoms with van der Waals surface area (Å²) in [6.07, 6.45) is 0. The SMILES string of the molecule is COc1ccccc1OCCNC(=O)CSc1nnnn1-c1ccccc1. The standard InChI is InChI=1S/C18H19N5O3S/c1-25-15-9-5-6-10-16(15)26-12-11-19-17(24)13-27-18-20-21-22-23(18)14-7-3-2-4-8-14/h2-10H,11-13H2,1H3,(H,19,24). The van der Waals surface area contributed by atoms with Gasteiger partial charge < -0.3 is 14.8 Å². The summed E-state index contributed by atoms with van der Waals surface area (Å²) < 4.78 is 12.4. The molecule has 0 radical (unpaired) electrons. The Balaban J connectivity index is 1.43. The lowest BCUT2D eigenvalue weighted by Gasteiger charge is -2.10. The lowest BCUT2D eigenvalue weighted by Crippen LogP contribution is -2.29. The summed E-state index contributed by atoms with van der Waals surface area (Å²) in [5, 5.41) is 15.0. The van der Waals surface area contributed by atoms with Crippen molar-refractivity contribution in [1.29, 1.82) is 0 Å². The van der Waals surface area contributed by atoms with Crippen molar-refractivity contribution in [3.05, 3.63) is 54.6 Å². The van der Waals surface area contributed by atoms with Gasteiger partial charge in [0.15, 0.2) is 11.5 Å². The second-order valence-electron chi connectivity index (χ2n) is 5.35. The zero-order chi connectivity index (χ0) is 18.9. The van der Waals surface area contributed by atoms with Crippen molar-refractivity contribution in [3.8, 4) is 17.2 Å². The first kappa shape index (κ1) is 18.7. The third kappa shape index (κ3) is 5.20. The number of methoxy groups -OCH3 is 1. The Morgan fingerprint density at radius 3 is 2.63 bits per heavy atom. The summed E-state index contributed by atoms with van der Waals surface area (Å²) in [4.78, 5) is 12.0. The van der Waals surface area contributed by atoms with Gasteiger partial charge in [0.05, 0.1) is 25.1 Å². The first-order valence-electron chi connectivity index (χ1n) is 8.27. The van der Waals surface area contributed by atoms with Crippen LogP contribution in [0.2, 0.25) is 0 Å². The van der Waals surface area contributed by atoms with E-state index in [1.807, 2.05) is 54.6 Å². The van der Waals surface area contributed by atoms with E-state index in [4.69, 9.17) is 9.47 Å². The van der Waals surface area contributed by atoms with E-state index in [1.54, 1.807) is 11.8 Å². The summed E-state index contributed by atoms with van der Waals surface area (Å²) in [6.45, 7) is 0.736. The molecule has 0 saturated carbocycles. The lowest BCUT2D eigenvalue weighted by atomic mass is 10.3. The summed E-state index contributed by atoms with van der Waals surface area (Å²) in [6, 6.07) is 16.9. The maximum Gasteiger partial charge on any atom is 0.230 e. The van der Waals surface area contributed by atoms with Crippen LogP contribution in [0.3, 0.4) is 0 Å². The summed E-state index contributed by atoms with van der Waals surface area (Å²) in [5.41, 5.74) is 0.843. The third-order valence-electron chi connectivity index (χ3n) is 3.52. The van der Waals surface area contributed by atoms with Crippen molar-refractivity contribution in [2.75, 3.05) is 26.0 Å². The van der Waals surface area contributed by atoms with Crippen molar-refractivity contribution in [2.45, 2.75) is 5.16 Å². The van der Waals surface area contributed by atoms with Crippen LogP contribution in [0.5, 0.6) is 11.5 Å². The number of hydrogen-bond acceptors (Lipinski definition) is 7. The Morgan fingerprint density at radius 1 is 1.11 bits per heavy atom. The first-order chi connectivity index (χ1) is 13.3. The van der Waals surface area contributed by atoms with E-state index in [2.05, 4.69) is 20.8 Å². The van der Waals surface area contributed by atoms with Crippen LogP contribution in [0.4, 0.5) is 0 Å². The molecular formula is C18H19N5O3S. The van der Waals surface area contributed by atoms with E-state index in [1.165, 1.54) is 11.8 Å². The monoisotopic (exact) mass is 385 g/mol. The van der Waals surface area contributed by atoms with Crippen LogP contribution >= 0.6 is 11.8 Å². The predicted molar refractivity (Wildman–Crippen MR) is 101 cm³/mol. The molecule has 0 saturated heterocycles. The highest BCUT2D eigenvalue weighted by molar-refractivity contribution is 7.99. The number of hydrogen-bond donors (Lipinski definition) is 1. The highest BCUT2D eigenvalue weighted by Crippen LogP contribution is 2.25. The van der Waals surface area contributed by atoms with Crippen molar-refractivity contribution in [3.63, 3.8) is 0 Å². The fourth-order valence-electron chi connectivity index (χ4n) is 2.27. The topological polar surface area (TPSA) is 91.2 Å². The Kier molecular flexibility index (Phi) is 6.64. The molecule has 0 fully saturated rings. The Labute approximate surface area is 160 Å². The molecule has 1 aromatic heterocycles. The molecular weight excluding hydrogens is 366 g/mol. The number of nitrogens with one attached hydrogen (secondary N) is 1. The second-order valence-corrected chi connectivity index (χ2v) is 6.29. The number of amides is 1. The van der Waals surface area contributed by atoms with Crippen LogP contribution in [-0.2, 0) is 4.79 Å². The summed E-state index contributed by atoms with van der Waals surface area (Å²) in [7, 11) is 1.59. The highest BCUT2D eigenvalue weighted by atomic mass is 32.2. The van der Waals surface area contributed by atoms with Gasteiger partial charge in [-0.05, 0) is 34.7 Å². The molecule has 140 valence electrons. The molecule has 1 heterocycles. The van der Waals surface area contributed by atoms with Gasteiger partial charge >= 0.3 is 0 Å². The number of rotatable bonds is 9. The average Bonchev–Trinajstić information content (AvgIpc) is 3.19. The molecule has 0 unspecified atom stereocenters. The normalized spacial score (nSPS) is 10.4. The van der Waals surface area contributed by atoms with Crippen LogP contribution in [0, 0.1) is 0 Å². The Bertz CT molecular complexity index is 872. The smallest absolute Gasteiger partial charge is 0.230 e. The van der Waals surface area contributed by atoms with E-state index in [9.17, 15) is 4.79 Å². The highest BCUT2D eigenvalue weighted by Gasteiger charge is 2.11. The summed E-state index contributed by atoms with van der Waals surface area (Å²) >= 11 is 1.27. The van der Waals surface area contributed by atoms with Gasteiger partial charge in [-0.3, -0.25) is 4.79 Å². The number of benzene rings is 2. The minimum absolute atomic E-state index is 0.119. The molecule has 3 aromatic rings. The number of para-hydroxylation sites is 3. The molecule has 3 rings (SSSR count). The molecule has 0 aliphatic heterocycles. The molecule has 2 aromatic carbocycles. The molecule has 1 amide bonds. The molecule has 8 nitrogen and oxygen atoms in total. The fourth-order valence-corrected chi connectivity index (χ4v) is 2.99. The van der Waals surface area contributed by atoms with E-state index >= 15 is 0 Å². The number of thioether (sulfide) groups is 1. The van der Waals surface area contributed by atoms with Crippen molar-refractivity contribution in [2.24, 2.45) is 0 Å². The van der Waals surface area contributed by atoms with Gasteiger partial charge in [0.1, 0.15) is 6.61 Å². The Morgan fingerprint density at radius 2 is 1.85 bits per heavy atom. The first-order valence-corrected chi connectivity index (χ1v) is 9.25. The molecule has 0 aliphatic carbocycles. The van der Waals surface area contributed by atoms with E-state index in [0.29, 0.717) is 29.8 Å². The van der Waals surface area contributed by atoms with Crippen molar-refractivity contribution >= 4 is 17.7 Å². The van der Waals surface area contributed by atoms with Gasteiger partial charge in [-0.15, -0.1) is 5.10 Å². The summed E-state index contributed by atoms with van der Waals surface area (Å²) in [5.74, 6) is 1.39. The number of carbonyl (C=O) groups excluding carboxylic acids is 1. The van der Waals surface area contributed by atoms with Crippen LogP contribution in [0.1, 0.15) is 0 Å². The predicted octanol–water partition coefficient (Wildman–Crippen LogP) is 1.96. The number of ether oxygens (including phenoxy) is 2. The Hall–Kier alpha value is -3.07. The van der Waals surface area contributed by atoms with Crippen LogP contribution < -0.4 is 14.8 Å². The van der Waals surface area contributed by atoms with Gasteiger partial charge in [-0.2, -0.15) is 4.68 Å². The lowest BCUT2D eigenvalue weighted by molar-refractivity contribution is -0.118. The van der Waals surface area contributed by atoms with Crippen LogP contribution in [0.25, 0.3) is 5.69 Å². The van der Waals surface area contributed by atoms with E-state index in [-0.39, 0.29) is 11.7 Å². The maximum atomic E-state index is 12.0. The second kappa shape index (κ2) is 9.58. The van der Waals surface area contributed by atoms with E-state index < -0.39 is 0 Å². The number of carbonyl (C=O) groups is 1. The van der Waals surface area contributed by atoms with Gasteiger partial charge in [-0.25, -0.2) is 0 Å². The molecule has 27 heavy (non-hydrogen) atoms. The maximum absolute atomic E-state index is 12.0. The van der Waals surface area contributed by atoms with Gasteiger partial charge in [0.25, 0.3) is 0 Å². The van der Waals surface area contributed by atoms with Gasteiger partial charge in [0, 0.05) is 0 Å². The van der Waals surface area contributed by atoms with E-state index in [0.717, 1.165) is 5.69 Å². The van der Waals surface area contributed by atoms with Crippen molar-refractivity contribution < 1.29 is 14.3 Å². The molecule has 0 aliphatic rings. The van der Waals surface area contributed by atoms with Crippen LogP contribution in [0.15, 0.2) is 59.8 Å². The average molecular weight is 385 g/mol. The minimum atomic E-state index is -0.119. The molecule has 1 N–H and O–H groups in total. The fraction of sp³-hybridized carbons (Fsp3) is 0.222. The molecule has 0 bridgehead atoms. The largest absolute Gasteiger partial charge is 0.493 e. The number of nitrogens with zero attached hydrogens (tertiary/aromatic N) is 4. The number of aromatic nitrogens is 4. The molecule has 0 atom stereocenters. The molecule has 0 spiro atoms. The van der Waals surface area contributed by atoms with Gasteiger partial charge in [0.2, 0.25) is 11.1 Å². The van der Waals surface area contributed by atoms with Crippen molar-refractivity contribution in [1.82, 2.24) is 25.5 Å². The number of tetrazole rings is 1. The minimum Gasteiger partial charge on any atom is -0.493 e. The molecule has 9 heteroatoms. The zero-order valence-corrected chi connectivity index (χ0v) is 15.6. The zero-order valence-electron chi connectivity index (χ0n) is 14.7.